The number of hydrogen-bond acceptors (Lipinski definition) is 5. The molecule has 1 amide bonds. The van der Waals surface area contributed by atoms with E-state index in [1.165, 1.54) is 17.3 Å². The summed E-state index contributed by atoms with van der Waals surface area (Å²) in [6.07, 6.45) is 2.92. The van der Waals surface area contributed by atoms with Gasteiger partial charge in [0.05, 0.1) is 11.3 Å². The van der Waals surface area contributed by atoms with Crippen LogP contribution in [0.15, 0.2) is 36.9 Å². The van der Waals surface area contributed by atoms with Crippen molar-refractivity contribution in [3.63, 3.8) is 0 Å². The fourth-order valence-electron chi connectivity index (χ4n) is 2.68. The molecule has 3 rings (SSSR count). The number of para-hydroxylation sites is 1. The fraction of sp³-hybridized carbons (Fsp3) is 0.333. The zero-order valence-electron chi connectivity index (χ0n) is 12.7. The van der Waals surface area contributed by atoms with Crippen molar-refractivity contribution in [2.45, 2.75) is 6.04 Å². The number of rotatable bonds is 3. The van der Waals surface area contributed by atoms with Crippen molar-refractivity contribution >= 4 is 11.9 Å². The number of piperazine rings is 1. The normalized spacial score (nSPS) is 18.8. The minimum atomic E-state index is -0.922. The minimum absolute atomic E-state index is 0.163. The predicted octanol–water partition coefficient (Wildman–Crippen LogP) is 0.108. The molecule has 1 aliphatic heterocycles. The number of amides is 1. The van der Waals surface area contributed by atoms with E-state index in [1.807, 2.05) is 6.07 Å². The van der Waals surface area contributed by atoms with Gasteiger partial charge in [0.15, 0.2) is 0 Å². The number of hydrogen-bond donors (Lipinski definition) is 1. The third-order valence-corrected chi connectivity index (χ3v) is 4.02. The smallest absolute Gasteiger partial charge is 0.322 e. The van der Waals surface area contributed by atoms with E-state index in [0.29, 0.717) is 24.3 Å². The molecular formula is C15H17N5O3. The van der Waals surface area contributed by atoms with E-state index >= 15 is 0 Å². The molecule has 1 aromatic heterocycles. The van der Waals surface area contributed by atoms with E-state index in [9.17, 15) is 14.7 Å². The molecule has 0 bridgehead atoms. The summed E-state index contributed by atoms with van der Waals surface area (Å²) in [5.41, 5.74) is 1.10. The third-order valence-electron chi connectivity index (χ3n) is 4.02. The van der Waals surface area contributed by atoms with Crippen LogP contribution in [0.2, 0.25) is 0 Å². The summed E-state index contributed by atoms with van der Waals surface area (Å²) in [5.74, 6) is -1.12. The molecule has 1 unspecified atom stereocenters. The van der Waals surface area contributed by atoms with Gasteiger partial charge in [0.2, 0.25) is 0 Å². The largest absolute Gasteiger partial charge is 0.480 e. The number of nitrogens with zero attached hydrogens (tertiary/aromatic N) is 5. The lowest BCUT2D eigenvalue weighted by atomic mass is 10.1. The molecule has 0 aliphatic carbocycles. The van der Waals surface area contributed by atoms with Gasteiger partial charge in [-0.3, -0.25) is 14.5 Å². The highest BCUT2D eigenvalue weighted by Gasteiger charge is 2.33. The van der Waals surface area contributed by atoms with Gasteiger partial charge in [-0.05, 0) is 19.2 Å². The first-order valence-corrected chi connectivity index (χ1v) is 7.24. The van der Waals surface area contributed by atoms with Crippen molar-refractivity contribution in [1.29, 1.82) is 0 Å². The van der Waals surface area contributed by atoms with Crippen molar-refractivity contribution in [2.24, 2.45) is 0 Å². The van der Waals surface area contributed by atoms with Gasteiger partial charge in [-0.15, -0.1) is 0 Å². The van der Waals surface area contributed by atoms with E-state index in [0.717, 1.165) is 0 Å². The van der Waals surface area contributed by atoms with Crippen LogP contribution in [0.1, 0.15) is 10.4 Å². The van der Waals surface area contributed by atoms with Crippen molar-refractivity contribution < 1.29 is 14.7 Å². The fourth-order valence-corrected chi connectivity index (χ4v) is 2.68. The first-order chi connectivity index (χ1) is 11.1. The van der Waals surface area contributed by atoms with Gasteiger partial charge in [0.25, 0.3) is 5.91 Å². The number of aromatic nitrogens is 3. The molecule has 120 valence electrons. The van der Waals surface area contributed by atoms with Crippen molar-refractivity contribution in [3.05, 3.63) is 42.5 Å². The standard InChI is InChI=1S/C15H17N5O3/c1-18-6-7-19(8-13(18)15(22)23)14(21)11-4-2-3-5-12(11)20-10-16-9-17-20/h2-5,9-10,13H,6-8H2,1H3,(H,22,23). The lowest BCUT2D eigenvalue weighted by Crippen LogP contribution is -2.56. The zero-order valence-corrected chi connectivity index (χ0v) is 12.7. The summed E-state index contributed by atoms with van der Waals surface area (Å²) in [6, 6.07) is 6.40. The van der Waals surface area contributed by atoms with Gasteiger partial charge in [0, 0.05) is 19.6 Å². The predicted molar refractivity (Wildman–Crippen MR) is 81.3 cm³/mol. The van der Waals surface area contributed by atoms with E-state index in [2.05, 4.69) is 10.1 Å². The van der Waals surface area contributed by atoms with Gasteiger partial charge < -0.3 is 10.0 Å². The zero-order chi connectivity index (χ0) is 16.4. The molecule has 1 N–H and O–H groups in total. The Bertz CT molecular complexity index is 716. The van der Waals surface area contributed by atoms with Gasteiger partial charge in [0.1, 0.15) is 18.7 Å². The lowest BCUT2D eigenvalue weighted by molar-refractivity contribution is -0.144. The molecule has 1 aromatic carbocycles. The Labute approximate surface area is 133 Å². The molecule has 0 radical (unpaired) electrons. The molecule has 1 aliphatic rings. The van der Waals surface area contributed by atoms with E-state index in [1.54, 1.807) is 35.0 Å². The van der Waals surface area contributed by atoms with Crippen LogP contribution >= 0.6 is 0 Å². The molecule has 1 saturated heterocycles. The maximum atomic E-state index is 12.8. The first-order valence-electron chi connectivity index (χ1n) is 7.24. The monoisotopic (exact) mass is 315 g/mol. The topological polar surface area (TPSA) is 91.6 Å². The highest BCUT2D eigenvalue weighted by atomic mass is 16.4. The molecule has 8 heteroatoms. The van der Waals surface area contributed by atoms with Gasteiger partial charge in [-0.2, -0.15) is 5.10 Å². The Balaban J connectivity index is 1.88. The second-order valence-corrected chi connectivity index (χ2v) is 5.44. The quantitative estimate of drug-likeness (QED) is 0.864. The Morgan fingerprint density at radius 3 is 2.74 bits per heavy atom. The van der Waals surface area contributed by atoms with Gasteiger partial charge in [-0.1, -0.05) is 12.1 Å². The maximum Gasteiger partial charge on any atom is 0.322 e. The summed E-state index contributed by atoms with van der Waals surface area (Å²) < 4.78 is 1.53. The molecule has 23 heavy (non-hydrogen) atoms. The highest BCUT2D eigenvalue weighted by Crippen LogP contribution is 2.18. The number of carbonyl (C=O) groups is 2. The average molecular weight is 315 g/mol. The summed E-state index contributed by atoms with van der Waals surface area (Å²) in [6.45, 7) is 1.18. The second-order valence-electron chi connectivity index (χ2n) is 5.44. The second kappa shape index (κ2) is 6.17. The number of carboxylic acid groups (broad SMARTS) is 1. The van der Waals surface area contributed by atoms with E-state index < -0.39 is 12.0 Å². The summed E-state index contributed by atoms with van der Waals surface area (Å²) >= 11 is 0. The Kier molecular flexibility index (Phi) is 4.07. The number of carbonyl (C=O) groups excluding carboxylic acids is 1. The summed E-state index contributed by atoms with van der Waals surface area (Å²) in [5, 5.41) is 13.3. The van der Waals surface area contributed by atoms with Crippen LogP contribution < -0.4 is 0 Å². The average Bonchev–Trinajstić information content (AvgIpc) is 3.08. The number of aliphatic carboxylic acids is 1. The minimum Gasteiger partial charge on any atom is -0.480 e. The molecule has 1 fully saturated rings. The Hall–Kier alpha value is -2.74. The van der Waals surface area contributed by atoms with Crippen molar-refractivity contribution in [1.82, 2.24) is 24.6 Å². The van der Waals surface area contributed by atoms with E-state index in [-0.39, 0.29) is 12.5 Å². The summed E-state index contributed by atoms with van der Waals surface area (Å²) in [4.78, 5) is 31.4. The van der Waals surface area contributed by atoms with Gasteiger partial charge in [-0.25, -0.2) is 9.67 Å². The molecule has 1 atom stereocenters. The Morgan fingerprint density at radius 2 is 2.04 bits per heavy atom. The number of carboxylic acids is 1. The SMILES string of the molecule is CN1CCN(C(=O)c2ccccc2-n2cncn2)CC1C(=O)O. The summed E-state index contributed by atoms with van der Waals surface area (Å²) in [7, 11) is 1.75. The van der Waals surface area contributed by atoms with Gasteiger partial charge >= 0.3 is 5.97 Å². The van der Waals surface area contributed by atoms with Crippen LogP contribution in [0.25, 0.3) is 5.69 Å². The maximum absolute atomic E-state index is 12.8. The third kappa shape index (κ3) is 2.93. The number of benzene rings is 1. The van der Waals surface area contributed by atoms with Crippen LogP contribution in [-0.2, 0) is 4.79 Å². The van der Waals surface area contributed by atoms with Crippen LogP contribution in [0.4, 0.5) is 0 Å². The Morgan fingerprint density at radius 1 is 1.26 bits per heavy atom. The molecule has 0 spiro atoms. The van der Waals surface area contributed by atoms with Crippen molar-refractivity contribution in [3.8, 4) is 5.69 Å². The molecule has 8 nitrogen and oxygen atoms in total. The number of likely N-dealkylation sites (N-methyl/N-ethyl adjacent to an activating group) is 1. The molecule has 2 aromatic rings. The molecule has 2 heterocycles. The van der Waals surface area contributed by atoms with Crippen LogP contribution in [0.5, 0.6) is 0 Å². The lowest BCUT2D eigenvalue weighted by Gasteiger charge is -2.37. The molecular weight excluding hydrogens is 298 g/mol. The van der Waals surface area contributed by atoms with Crippen LogP contribution in [0, 0.1) is 0 Å². The highest BCUT2D eigenvalue weighted by molar-refractivity contribution is 5.98. The first kappa shape index (κ1) is 15.2. The van der Waals surface area contributed by atoms with E-state index in [4.69, 9.17) is 0 Å². The molecule has 0 saturated carbocycles. The van der Waals surface area contributed by atoms with Crippen molar-refractivity contribution in [2.75, 3.05) is 26.7 Å². The van der Waals surface area contributed by atoms with Crippen LogP contribution in [0.3, 0.4) is 0 Å². The van der Waals surface area contributed by atoms with Crippen LogP contribution in [-0.4, -0.2) is 74.3 Å².